The van der Waals surface area contributed by atoms with E-state index < -0.39 is 7.59 Å². The van der Waals surface area contributed by atoms with Crippen molar-refractivity contribution in [2.75, 3.05) is 0 Å². The predicted octanol–water partition coefficient (Wildman–Crippen LogP) is 0.802. The van der Waals surface area contributed by atoms with Crippen LogP contribution in [0.5, 0.6) is 0 Å². The third kappa shape index (κ3) is 3.64. The average Bonchev–Trinajstić information content (AvgIpc) is 2.02. The van der Waals surface area contributed by atoms with Crippen LogP contribution in [0, 0.1) is 0 Å². The van der Waals surface area contributed by atoms with Crippen molar-refractivity contribution in [1.29, 1.82) is 0 Å². The summed E-state index contributed by atoms with van der Waals surface area (Å²) in [5, 5.41) is 2.55. The first kappa shape index (κ1) is 9.42. The van der Waals surface area contributed by atoms with Gasteiger partial charge in [-0.2, -0.15) is 0 Å². The lowest BCUT2D eigenvalue weighted by Crippen LogP contribution is -2.21. The molecule has 5 N–H and O–H groups in total. The summed E-state index contributed by atoms with van der Waals surface area (Å²) in [4.78, 5) is 0. The molecule has 0 fully saturated rings. The van der Waals surface area contributed by atoms with Gasteiger partial charge in [0.15, 0.2) is 0 Å². The Bertz CT molecular complexity index is 282. The molecule has 0 heterocycles. The first-order valence-electron chi connectivity index (χ1n) is 3.54. The quantitative estimate of drug-likeness (QED) is 0.608. The molecule has 0 aliphatic carbocycles. The monoisotopic (exact) mass is 185 g/mol. The zero-order valence-corrected chi connectivity index (χ0v) is 7.50. The van der Waals surface area contributed by atoms with Crippen molar-refractivity contribution >= 4 is 7.59 Å². The Morgan fingerprint density at radius 1 is 1.25 bits per heavy atom. The summed E-state index contributed by atoms with van der Waals surface area (Å²) in [7, 11) is -3.08. The molecule has 66 valence electrons. The fraction of sp³-hybridized carbons (Fsp3) is 0.143. The zero-order chi connectivity index (χ0) is 9.03. The van der Waals surface area contributed by atoms with E-state index in [0.717, 1.165) is 5.56 Å². The van der Waals surface area contributed by atoms with Gasteiger partial charge in [-0.25, -0.2) is 5.09 Å². The second kappa shape index (κ2) is 3.83. The standard InChI is InChI=1S/C7H12N3OP/c8-12(9,11)10-6-7-4-2-1-3-5-7/h1-5H,6H2,(H5,8,9,10,11). The van der Waals surface area contributed by atoms with E-state index in [4.69, 9.17) is 11.0 Å². The van der Waals surface area contributed by atoms with E-state index in [1.54, 1.807) is 0 Å². The number of hydrogen-bond donors (Lipinski definition) is 3. The highest BCUT2D eigenvalue weighted by molar-refractivity contribution is 7.56. The van der Waals surface area contributed by atoms with Gasteiger partial charge in [-0.15, -0.1) is 0 Å². The van der Waals surface area contributed by atoms with Crippen molar-refractivity contribution < 1.29 is 4.57 Å². The van der Waals surface area contributed by atoms with Crippen LogP contribution in [0.4, 0.5) is 0 Å². The third-order valence-corrected chi connectivity index (χ3v) is 2.03. The zero-order valence-electron chi connectivity index (χ0n) is 6.60. The molecule has 0 saturated heterocycles. The van der Waals surface area contributed by atoms with Gasteiger partial charge in [-0.1, -0.05) is 30.3 Å². The maximum absolute atomic E-state index is 10.8. The maximum atomic E-state index is 10.8. The lowest BCUT2D eigenvalue weighted by Gasteiger charge is -2.07. The Balaban J connectivity index is 2.50. The predicted molar refractivity (Wildman–Crippen MR) is 49.3 cm³/mol. The molecule has 1 aromatic carbocycles. The normalized spacial score (nSPS) is 11.5. The van der Waals surface area contributed by atoms with Crippen molar-refractivity contribution in [3.05, 3.63) is 35.9 Å². The van der Waals surface area contributed by atoms with Gasteiger partial charge in [0.25, 0.3) is 7.59 Å². The summed E-state index contributed by atoms with van der Waals surface area (Å²) >= 11 is 0. The van der Waals surface area contributed by atoms with Crippen LogP contribution >= 0.6 is 7.59 Å². The molecule has 1 rings (SSSR count). The van der Waals surface area contributed by atoms with Crippen LogP contribution in [0.25, 0.3) is 0 Å². The molecule has 5 heteroatoms. The number of benzene rings is 1. The van der Waals surface area contributed by atoms with E-state index >= 15 is 0 Å². The topological polar surface area (TPSA) is 81.1 Å². The molecular weight excluding hydrogens is 173 g/mol. The van der Waals surface area contributed by atoms with E-state index in [9.17, 15) is 4.57 Å². The van der Waals surface area contributed by atoms with Gasteiger partial charge in [0.2, 0.25) is 0 Å². The summed E-state index contributed by atoms with van der Waals surface area (Å²) in [6.07, 6.45) is 0. The first-order chi connectivity index (χ1) is 5.58. The van der Waals surface area contributed by atoms with Gasteiger partial charge in [0, 0.05) is 6.54 Å². The Hall–Kier alpha value is -0.670. The molecule has 4 nitrogen and oxygen atoms in total. The molecule has 0 atom stereocenters. The van der Waals surface area contributed by atoms with Gasteiger partial charge in [0.05, 0.1) is 0 Å². The first-order valence-corrected chi connectivity index (χ1v) is 5.39. The molecular formula is C7H12N3OP. The van der Waals surface area contributed by atoms with Crippen molar-refractivity contribution in [2.24, 2.45) is 11.0 Å². The van der Waals surface area contributed by atoms with Crippen molar-refractivity contribution in [3.8, 4) is 0 Å². The van der Waals surface area contributed by atoms with Gasteiger partial charge in [-0.3, -0.25) is 15.6 Å². The Kier molecular flexibility index (Phi) is 3.00. The minimum Gasteiger partial charge on any atom is -0.271 e. The molecule has 0 aliphatic rings. The van der Waals surface area contributed by atoms with E-state index in [0.29, 0.717) is 6.54 Å². The molecule has 1 aromatic rings. The van der Waals surface area contributed by atoms with Crippen LogP contribution in [-0.4, -0.2) is 0 Å². The van der Waals surface area contributed by atoms with Crippen molar-refractivity contribution in [3.63, 3.8) is 0 Å². The number of rotatable bonds is 3. The Morgan fingerprint density at radius 2 is 1.83 bits per heavy atom. The van der Waals surface area contributed by atoms with Crippen LogP contribution in [0.15, 0.2) is 30.3 Å². The second-order valence-corrected chi connectivity index (χ2v) is 4.26. The summed E-state index contributed by atoms with van der Waals surface area (Å²) in [5.74, 6) is 0. The SMILES string of the molecule is NP(N)(=O)NCc1ccccc1. The molecule has 12 heavy (non-hydrogen) atoms. The highest BCUT2D eigenvalue weighted by atomic mass is 31.2. The van der Waals surface area contributed by atoms with Crippen LogP contribution in [-0.2, 0) is 11.1 Å². The lowest BCUT2D eigenvalue weighted by atomic mass is 10.2. The lowest BCUT2D eigenvalue weighted by molar-refractivity contribution is 0.566. The number of hydrogen-bond acceptors (Lipinski definition) is 1. The second-order valence-electron chi connectivity index (χ2n) is 2.53. The van der Waals surface area contributed by atoms with Crippen LogP contribution in [0.1, 0.15) is 5.56 Å². The van der Waals surface area contributed by atoms with E-state index in [1.807, 2.05) is 30.3 Å². The van der Waals surface area contributed by atoms with E-state index in [-0.39, 0.29) is 0 Å². The minimum absolute atomic E-state index is 0.436. The van der Waals surface area contributed by atoms with Crippen LogP contribution in [0.2, 0.25) is 0 Å². The number of nitrogens with two attached hydrogens (primary N) is 2. The molecule has 0 aliphatic heterocycles. The summed E-state index contributed by atoms with van der Waals surface area (Å²) in [6.45, 7) is 0.436. The van der Waals surface area contributed by atoms with Gasteiger partial charge >= 0.3 is 0 Å². The number of nitrogens with one attached hydrogen (secondary N) is 1. The highest BCUT2D eigenvalue weighted by Gasteiger charge is 2.05. The fourth-order valence-corrected chi connectivity index (χ4v) is 1.24. The molecule has 0 aromatic heterocycles. The minimum atomic E-state index is -3.08. The Labute approximate surface area is 71.5 Å². The van der Waals surface area contributed by atoms with Gasteiger partial charge < -0.3 is 0 Å². The van der Waals surface area contributed by atoms with Crippen molar-refractivity contribution in [2.45, 2.75) is 6.54 Å². The molecule has 0 saturated carbocycles. The molecule has 0 amide bonds. The van der Waals surface area contributed by atoms with E-state index in [1.165, 1.54) is 0 Å². The van der Waals surface area contributed by atoms with Crippen LogP contribution < -0.4 is 16.1 Å². The van der Waals surface area contributed by atoms with Gasteiger partial charge in [0.1, 0.15) is 0 Å². The smallest absolute Gasteiger partial charge is 0.271 e. The molecule has 0 radical (unpaired) electrons. The maximum Gasteiger partial charge on any atom is 0.274 e. The van der Waals surface area contributed by atoms with Crippen molar-refractivity contribution in [1.82, 2.24) is 5.09 Å². The molecule has 0 unspecified atom stereocenters. The summed E-state index contributed by atoms with van der Waals surface area (Å²) < 4.78 is 10.8. The highest BCUT2D eigenvalue weighted by Crippen LogP contribution is 2.18. The Morgan fingerprint density at radius 3 is 2.33 bits per heavy atom. The molecule has 0 spiro atoms. The van der Waals surface area contributed by atoms with Gasteiger partial charge in [-0.05, 0) is 5.56 Å². The fourth-order valence-electron chi connectivity index (χ4n) is 0.811. The summed E-state index contributed by atoms with van der Waals surface area (Å²) in [5.41, 5.74) is 11.2. The van der Waals surface area contributed by atoms with Crippen LogP contribution in [0.3, 0.4) is 0 Å². The molecule has 0 bridgehead atoms. The average molecular weight is 185 g/mol. The largest absolute Gasteiger partial charge is 0.274 e. The van der Waals surface area contributed by atoms with E-state index in [2.05, 4.69) is 5.09 Å². The summed E-state index contributed by atoms with van der Waals surface area (Å²) in [6, 6.07) is 9.52. The third-order valence-electron chi connectivity index (χ3n) is 1.37.